The molecule has 2 unspecified atom stereocenters. The number of hydrogen-bond donors (Lipinski definition) is 2. The number of nitrogens with one attached hydrogen (secondary N) is 1. The number of amides is 1. The van der Waals surface area contributed by atoms with E-state index in [1.165, 1.54) is 0 Å². The molecular weight excluding hydrogens is 234 g/mol. The van der Waals surface area contributed by atoms with Crippen LogP contribution in [0.3, 0.4) is 0 Å². The Morgan fingerprint density at radius 1 is 1.28 bits per heavy atom. The van der Waals surface area contributed by atoms with Crippen molar-refractivity contribution >= 4 is 11.9 Å². The molecule has 2 atom stereocenters. The number of rotatable bonds is 6. The molecule has 18 heavy (non-hydrogen) atoms. The van der Waals surface area contributed by atoms with Gasteiger partial charge in [0.15, 0.2) is 0 Å². The smallest absolute Gasteiger partial charge is 0.326 e. The maximum atomic E-state index is 11.7. The van der Waals surface area contributed by atoms with E-state index >= 15 is 0 Å². The zero-order valence-corrected chi connectivity index (χ0v) is 10.6. The summed E-state index contributed by atoms with van der Waals surface area (Å²) in [4.78, 5) is 22.7. The third-order valence-corrected chi connectivity index (χ3v) is 3.64. The van der Waals surface area contributed by atoms with Gasteiger partial charge in [-0.15, -0.1) is 0 Å². The van der Waals surface area contributed by atoms with E-state index in [0.717, 1.165) is 38.7 Å². The van der Waals surface area contributed by atoms with E-state index in [1.807, 2.05) is 0 Å². The van der Waals surface area contributed by atoms with Crippen LogP contribution in [0.25, 0.3) is 0 Å². The molecule has 0 radical (unpaired) electrons. The highest BCUT2D eigenvalue weighted by Crippen LogP contribution is 2.32. The minimum absolute atomic E-state index is 0.136. The summed E-state index contributed by atoms with van der Waals surface area (Å²) in [5, 5.41) is 11.6. The van der Waals surface area contributed by atoms with E-state index in [1.54, 1.807) is 0 Å². The van der Waals surface area contributed by atoms with Crippen molar-refractivity contribution in [1.82, 2.24) is 5.32 Å². The largest absolute Gasteiger partial charge is 0.480 e. The molecule has 0 aromatic carbocycles. The van der Waals surface area contributed by atoms with Gasteiger partial charge in [-0.1, -0.05) is 0 Å². The van der Waals surface area contributed by atoms with Gasteiger partial charge in [-0.25, -0.2) is 4.79 Å². The lowest BCUT2D eigenvalue weighted by Crippen LogP contribution is -2.42. The van der Waals surface area contributed by atoms with Gasteiger partial charge in [-0.2, -0.15) is 0 Å². The minimum Gasteiger partial charge on any atom is -0.480 e. The van der Waals surface area contributed by atoms with E-state index in [-0.39, 0.29) is 17.9 Å². The molecule has 1 saturated carbocycles. The molecule has 0 bridgehead atoms. The fraction of sp³-hybridized carbons (Fsp3) is 0.846. The van der Waals surface area contributed by atoms with Crippen molar-refractivity contribution in [1.29, 1.82) is 0 Å². The topological polar surface area (TPSA) is 75.6 Å². The second kappa shape index (κ2) is 6.18. The predicted octanol–water partition coefficient (Wildman–Crippen LogP) is 1.32. The quantitative estimate of drug-likeness (QED) is 0.750. The summed E-state index contributed by atoms with van der Waals surface area (Å²) in [6.07, 6.45) is 6.32. The molecule has 1 amide bonds. The van der Waals surface area contributed by atoms with Crippen molar-refractivity contribution in [3.05, 3.63) is 0 Å². The average molecular weight is 255 g/mol. The lowest BCUT2D eigenvalue weighted by Gasteiger charge is -2.22. The molecule has 1 aliphatic heterocycles. The maximum Gasteiger partial charge on any atom is 0.326 e. The molecule has 2 N–H and O–H groups in total. The van der Waals surface area contributed by atoms with Gasteiger partial charge >= 0.3 is 5.97 Å². The van der Waals surface area contributed by atoms with Crippen LogP contribution in [0.1, 0.15) is 44.9 Å². The van der Waals surface area contributed by atoms with Crippen molar-refractivity contribution < 1.29 is 19.4 Å². The minimum atomic E-state index is -0.917. The molecule has 2 fully saturated rings. The highest BCUT2D eigenvalue weighted by Gasteiger charge is 2.37. The standard InChI is InChI=1S/C13H21NO4/c15-11(7-6-10-3-1-2-8-18-10)14-12(13(16)17)9-4-5-9/h9-10,12H,1-8H2,(H,14,15)(H,16,17). The SMILES string of the molecule is O=C(CCC1CCCCO1)NC(C(=O)O)C1CC1. The highest BCUT2D eigenvalue weighted by molar-refractivity contribution is 5.84. The van der Waals surface area contributed by atoms with Crippen molar-refractivity contribution in [2.45, 2.75) is 57.1 Å². The predicted molar refractivity (Wildman–Crippen MR) is 65.1 cm³/mol. The average Bonchev–Trinajstić information content (AvgIpc) is 3.18. The van der Waals surface area contributed by atoms with Crippen LogP contribution in [-0.4, -0.2) is 35.7 Å². The lowest BCUT2D eigenvalue weighted by molar-refractivity contribution is -0.142. The first-order chi connectivity index (χ1) is 8.66. The van der Waals surface area contributed by atoms with Crippen LogP contribution < -0.4 is 5.32 Å². The Balaban J connectivity index is 1.68. The lowest BCUT2D eigenvalue weighted by atomic mass is 10.0. The molecule has 102 valence electrons. The van der Waals surface area contributed by atoms with Crippen LogP contribution in [0.15, 0.2) is 0 Å². The zero-order chi connectivity index (χ0) is 13.0. The second-order valence-electron chi connectivity index (χ2n) is 5.25. The molecule has 2 rings (SSSR count). The fourth-order valence-electron chi connectivity index (χ4n) is 2.38. The van der Waals surface area contributed by atoms with Gasteiger partial charge in [0, 0.05) is 13.0 Å². The van der Waals surface area contributed by atoms with E-state index in [0.29, 0.717) is 12.8 Å². The van der Waals surface area contributed by atoms with Crippen LogP contribution in [-0.2, 0) is 14.3 Å². The molecule has 0 aromatic rings. The summed E-state index contributed by atoms with van der Waals surface area (Å²) >= 11 is 0. The molecular formula is C13H21NO4. The normalized spacial score (nSPS) is 25.4. The summed E-state index contributed by atoms with van der Waals surface area (Å²) in [6.45, 7) is 0.784. The maximum absolute atomic E-state index is 11.7. The van der Waals surface area contributed by atoms with Crippen molar-refractivity contribution in [2.75, 3.05) is 6.61 Å². The molecule has 1 saturated heterocycles. The Morgan fingerprint density at radius 3 is 2.61 bits per heavy atom. The van der Waals surface area contributed by atoms with Crippen molar-refractivity contribution in [3.63, 3.8) is 0 Å². The fourth-order valence-corrected chi connectivity index (χ4v) is 2.38. The van der Waals surface area contributed by atoms with E-state index in [2.05, 4.69) is 5.32 Å². The van der Waals surface area contributed by atoms with Crippen LogP contribution in [0.2, 0.25) is 0 Å². The van der Waals surface area contributed by atoms with Gasteiger partial charge in [-0.3, -0.25) is 4.79 Å². The Kier molecular flexibility index (Phi) is 4.58. The summed E-state index contributed by atoms with van der Waals surface area (Å²) in [5.41, 5.74) is 0. The number of hydrogen-bond acceptors (Lipinski definition) is 3. The summed E-state index contributed by atoms with van der Waals surface area (Å²) < 4.78 is 5.54. The van der Waals surface area contributed by atoms with E-state index in [4.69, 9.17) is 9.84 Å². The van der Waals surface area contributed by atoms with E-state index in [9.17, 15) is 9.59 Å². The number of ether oxygens (including phenoxy) is 1. The van der Waals surface area contributed by atoms with Gasteiger partial charge < -0.3 is 15.2 Å². The monoisotopic (exact) mass is 255 g/mol. The highest BCUT2D eigenvalue weighted by atomic mass is 16.5. The van der Waals surface area contributed by atoms with Gasteiger partial charge in [0.25, 0.3) is 0 Å². The van der Waals surface area contributed by atoms with Crippen molar-refractivity contribution in [2.24, 2.45) is 5.92 Å². The van der Waals surface area contributed by atoms with E-state index < -0.39 is 12.0 Å². The first-order valence-electron chi connectivity index (χ1n) is 6.80. The number of aliphatic carboxylic acids is 1. The third kappa shape index (κ3) is 3.98. The third-order valence-electron chi connectivity index (χ3n) is 3.64. The van der Waals surface area contributed by atoms with Gasteiger partial charge in [-0.05, 0) is 44.4 Å². The Hall–Kier alpha value is -1.10. The molecule has 5 heteroatoms. The molecule has 1 heterocycles. The molecule has 5 nitrogen and oxygen atoms in total. The summed E-state index contributed by atoms with van der Waals surface area (Å²) in [5.74, 6) is -0.944. The van der Waals surface area contributed by atoms with Gasteiger partial charge in [0.1, 0.15) is 6.04 Å². The molecule has 2 aliphatic rings. The summed E-state index contributed by atoms with van der Waals surface area (Å²) in [7, 11) is 0. The second-order valence-corrected chi connectivity index (χ2v) is 5.25. The van der Waals surface area contributed by atoms with Crippen LogP contribution >= 0.6 is 0 Å². The molecule has 0 spiro atoms. The Labute approximate surface area is 107 Å². The first kappa shape index (κ1) is 13.3. The van der Waals surface area contributed by atoms with Gasteiger partial charge in [0.2, 0.25) is 5.91 Å². The number of carboxylic acids is 1. The van der Waals surface area contributed by atoms with Gasteiger partial charge in [0.05, 0.1) is 6.10 Å². The first-order valence-corrected chi connectivity index (χ1v) is 6.80. The Bertz CT molecular complexity index is 308. The van der Waals surface area contributed by atoms with Crippen molar-refractivity contribution in [3.8, 4) is 0 Å². The number of carboxylic acid groups (broad SMARTS) is 1. The molecule has 1 aliphatic carbocycles. The number of carbonyl (C=O) groups excluding carboxylic acids is 1. The summed E-state index contributed by atoms with van der Waals surface area (Å²) in [6, 6.07) is -0.690. The van der Waals surface area contributed by atoms with Crippen LogP contribution in [0.4, 0.5) is 0 Å². The zero-order valence-electron chi connectivity index (χ0n) is 10.6. The Morgan fingerprint density at radius 2 is 2.06 bits per heavy atom. The molecule has 0 aromatic heterocycles. The number of carbonyl (C=O) groups is 2. The van der Waals surface area contributed by atoms with Crippen LogP contribution in [0.5, 0.6) is 0 Å². The van der Waals surface area contributed by atoms with Crippen LogP contribution in [0, 0.1) is 5.92 Å².